The quantitative estimate of drug-likeness (QED) is 0.488. The summed E-state index contributed by atoms with van der Waals surface area (Å²) in [4.78, 5) is 0. The first-order valence-electron chi connectivity index (χ1n) is 8.48. The van der Waals surface area contributed by atoms with Crippen LogP contribution in [0.25, 0.3) is 0 Å². The molecule has 0 aliphatic rings. The van der Waals surface area contributed by atoms with Crippen molar-refractivity contribution in [3.05, 3.63) is 0 Å². The summed E-state index contributed by atoms with van der Waals surface area (Å²) in [5, 5.41) is 0. The second-order valence-corrected chi connectivity index (χ2v) is 8.12. The second kappa shape index (κ2) is 16.1. The normalized spacial score (nSPS) is 10.7. The van der Waals surface area contributed by atoms with Gasteiger partial charge in [-0.1, -0.05) is 89.0 Å². The maximum Gasteiger partial charge on any atom is -0.0469 e. The van der Waals surface area contributed by atoms with Crippen molar-refractivity contribution < 1.29 is 0 Å². The third-order valence-electron chi connectivity index (χ3n) is 2.26. The molecule has 0 radical (unpaired) electrons. The lowest BCUT2D eigenvalue weighted by Gasteiger charge is -2.05. The van der Waals surface area contributed by atoms with E-state index in [9.17, 15) is 0 Å². The molecule has 0 atom stereocenters. The molecule has 0 aliphatic carbocycles. The van der Waals surface area contributed by atoms with Crippen LogP contribution < -0.4 is 0 Å². The molecule has 0 aliphatic heterocycles. The minimum absolute atomic E-state index is 0.833. The fourth-order valence-electron chi connectivity index (χ4n) is 1.61. The molecule has 0 rings (SSSR count). The van der Waals surface area contributed by atoms with Gasteiger partial charge in [0.25, 0.3) is 0 Å². The Bertz CT molecular complexity index is 123. The summed E-state index contributed by atoms with van der Waals surface area (Å²) < 4.78 is 0. The van der Waals surface area contributed by atoms with E-state index in [-0.39, 0.29) is 0 Å². The zero-order valence-corrected chi connectivity index (χ0v) is 16.0. The lowest BCUT2D eigenvalue weighted by molar-refractivity contribution is 0.469. The maximum absolute atomic E-state index is 2.28. The van der Waals surface area contributed by atoms with Gasteiger partial charge in [0.1, 0.15) is 0 Å². The van der Waals surface area contributed by atoms with Gasteiger partial charge in [-0.25, -0.2) is 0 Å². The van der Waals surface area contributed by atoms with Crippen LogP contribution >= 0.6 is 0 Å². The maximum atomic E-state index is 2.28. The highest BCUT2D eigenvalue weighted by Gasteiger charge is 1.96. The van der Waals surface area contributed by atoms with Crippen molar-refractivity contribution in [1.82, 2.24) is 0 Å². The Morgan fingerprint density at radius 2 is 0.632 bits per heavy atom. The Morgan fingerprint density at radius 3 is 0.684 bits per heavy atom. The fraction of sp³-hybridized carbons (Fsp3) is 1.00. The van der Waals surface area contributed by atoms with Crippen LogP contribution in [0.3, 0.4) is 0 Å². The molecule has 0 heteroatoms. The summed E-state index contributed by atoms with van der Waals surface area (Å²) in [5.74, 6) is 4.36. The first-order valence-corrected chi connectivity index (χ1v) is 8.48. The molecule has 0 saturated heterocycles. The van der Waals surface area contributed by atoms with E-state index in [0.29, 0.717) is 0 Å². The molecule has 120 valence electrons. The van der Waals surface area contributed by atoms with Crippen LogP contribution in [0.5, 0.6) is 0 Å². The van der Waals surface area contributed by atoms with Crippen molar-refractivity contribution in [1.29, 1.82) is 0 Å². The minimum Gasteiger partial charge on any atom is -0.0630 e. The van der Waals surface area contributed by atoms with Crippen molar-refractivity contribution in [2.24, 2.45) is 29.6 Å². The molecule has 0 unspecified atom stereocenters. The smallest absolute Gasteiger partial charge is 0.0469 e. The summed E-state index contributed by atoms with van der Waals surface area (Å²) in [5.41, 5.74) is 0. The lowest BCUT2D eigenvalue weighted by atomic mass is 10.0. The van der Waals surface area contributed by atoms with Gasteiger partial charge >= 0.3 is 0 Å². The van der Waals surface area contributed by atoms with Crippen LogP contribution in [0.2, 0.25) is 0 Å². The third-order valence-corrected chi connectivity index (χ3v) is 2.26. The Kier molecular flexibility index (Phi) is 20.3. The van der Waals surface area contributed by atoms with Gasteiger partial charge in [-0.05, 0) is 36.0 Å². The van der Waals surface area contributed by atoms with E-state index >= 15 is 0 Å². The minimum atomic E-state index is 0.833. The van der Waals surface area contributed by atoms with Gasteiger partial charge in [0.2, 0.25) is 0 Å². The summed E-state index contributed by atoms with van der Waals surface area (Å²) in [7, 11) is 0. The van der Waals surface area contributed by atoms with Crippen LogP contribution in [-0.4, -0.2) is 0 Å². The summed E-state index contributed by atoms with van der Waals surface area (Å²) in [6, 6.07) is 0. The van der Waals surface area contributed by atoms with E-state index in [2.05, 4.69) is 76.2 Å². The van der Waals surface area contributed by atoms with E-state index in [1.165, 1.54) is 19.3 Å². The van der Waals surface area contributed by atoms with Crippen molar-refractivity contribution in [2.75, 3.05) is 0 Å². The SMILES string of the molecule is CC(C)C.CC(C)CC(C)C.CC(C)CCC(C)C. The van der Waals surface area contributed by atoms with Crippen molar-refractivity contribution >= 4 is 0 Å². The topological polar surface area (TPSA) is 0 Å². The Balaban J connectivity index is -0.000000214. The number of rotatable bonds is 5. The molecule has 0 fully saturated rings. The molecule has 0 spiro atoms. The molecular formula is C19H44. The Morgan fingerprint density at radius 1 is 0.421 bits per heavy atom. The van der Waals surface area contributed by atoms with E-state index in [1.807, 2.05) is 0 Å². The lowest BCUT2D eigenvalue weighted by Crippen LogP contribution is -1.93. The summed E-state index contributed by atoms with van der Waals surface area (Å²) in [6.45, 7) is 24.7. The summed E-state index contributed by atoms with van der Waals surface area (Å²) >= 11 is 0. The highest BCUT2D eigenvalue weighted by Crippen LogP contribution is 2.09. The van der Waals surface area contributed by atoms with E-state index < -0.39 is 0 Å². The van der Waals surface area contributed by atoms with Gasteiger partial charge in [0, 0.05) is 0 Å². The largest absolute Gasteiger partial charge is 0.0630 e. The molecule has 0 aromatic carbocycles. The number of hydrogen-bond acceptors (Lipinski definition) is 0. The molecule has 0 nitrogen and oxygen atoms in total. The van der Waals surface area contributed by atoms with Crippen LogP contribution in [0.4, 0.5) is 0 Å². The highest BCUT2D eigenvalue weighted by atomic mass is 14.0. The molecule has 0 saturated carbocycles. The molecule has 0 bridgehead atoms. The van der Waals surface area contributed by atoms with Crippen LogP contribution in [-0.2, 0) is 0 Å². The molecule has 0 N–H and O–H groups in total. The van der Waals surface area contributed by atoms with Crippen LogP contribution in [0, 0.1) is 29.6 Å². The molecule has 19 heavy (non-hydrogen) atoms. The third kappa shape index (κ3) is 56.9. The van der Waals surface area contributed by atoms with Gasteiger partial charge in [-0.15, -0.1) is 0 Å². The molecule has 0 aromatic heterocycles. The fourth-order valence-corrected chi connectivity index (χ4v) is 1.61. The Hall–Kier alpha value is 0. The second-order valence-electron chi connectivity index (χ2n) is 8.12. The van der Waals surface area contributed by atoms with Crippen LogP contribution in [0.15, 0.2) is 0 Å². The van der Waals surface area contributed by atoms with Gasteiger partial charge in [-0.3, -0.25) is 0 Å². The first-order chi connectivity index (χ1) is 8.48. The molecule has 0 heterocycles. The summed E-state index contributed by atoms with van der Waals surface area (Å²) in [6.07, 6.45) is 4.13. The Labute approximate surface area is 125 Å². The number of hydrogen-bond donors (Lipinski definition) is 0. The van der Waals surface area contributed by atoms with E-state index in [0.717, 1.165) is 29.6 Å². The van der Waals surface area contributed by atoms with Crippen LogP contribution in [0.1, 0.15) is 95.4 Å². The van der Waals surface area contributed by atoms with Gasteiger partial charge in [0.05, 0.1) is 0 Å². The standard InChI is InChI=1S/C8H18.C7H16.C4H10/c1-7(2)5-6-8(3)4;1-6(2)5-7(3)4;1-4(2)3/h7-8H,5-6H2,1-4H3;6-7H,5H2,1-4H3;4H,1-3H3. The van der Waals surface area contributed by atoms with Crippen molar-refractivity contribution in [3.63, 3.8) is 0 Å². The first kappa shape index (κ1) is 24.0. The van der Waals surface area contributed by atoms with Gasteiger partial charge in [0.15, 0.2) is 0 Å². The van der Waals surface area contributed by atoms with Gasteiger partial charge in [-0.2, -0.15) is 0 Å². The predicted molar refractivity (Wildman–Crippen MR) is 93.7 cm³/mol. The van der Waals surface area contributed by atoms with Gasteiger partial charge < -0.3 is 0 Å². The van der Waals surface area contributed by atoms with Crippen molar-refractivity contribution in [2.45, 2.75) is 95.4 Å². The van der Waals surface area contributed by atoms with E-state index in [1.54, 1.807) is 0 Å². The monoisotopic (exact) mass is 272 g/mol. The highest BCUT2D eigenvalue weighted by molar-refractivity contribution is 4.48. The van der Waals surface area contributed by atoms with E-state index in [4.69, 9.17) is 0 Å². The molecule has 0 aromatic rings. The average molecular weight is 273 g/mol. The van der Waals surface area contributed by atoms with Crippen molar-refractivity contribution in [3.8, 4) is 0 Å². The zero-order valence-electron chi connectivity index (χ0n) is 16.0. The molecule has 0 amide bonds. The predicted octanol–water partition coefficient (Wildman–Crippen LogP) is 7.43. The zero-order chi connectivity index (χ0) is 16.0. The molecular weight excluding hydrogens is 228 g/mol. The average Bonchev–Trinajstić information content (AvgIpc) is 2.12.